The van der Waals surface area contributed by atoms with Gasteiger partial charge in [0.1, 0.15) is 6.04 Å². The van der Waals surface area contributed by atoms with Gasteiger partial charge in [-0.05, 0) is 24.3 Å². The van der Waals surface area contributed by atoms with Gasteiger partial charge in [0.25, 0.3) is 5.91 Å². The van der Waals surface area contributed by atoms with Gasteiger partial charge in [0.05, 0.1) is 6.07 Å². The number of benzene rings is 1. The maximum absolute atomic E-state index is 12.2. The van der Waals surface area contributed by atoms with Crippen molar-refractivity contribution >= 4 is 17.5 Å². The molecule has 4 nitrogen and oxygen atoms in total. The second-order valence-electron chi connectivity index (χ2n) is 3.85. The summed E-state index contributed by atoms with van der Waals surface area (Å²) in [6.07, 6.45) is 0. The Hall–Kier alpha value is -1.57. The van der Waals surface area contributed by atoms with Crippen molar-refractivity contribution in [2.45, 2.75) is 6.04 Å². The number of amides is 1. The first-order chi connectivity index (χ1) is 8.22. The van der Waals surface area contributed by atoms with Gasteiger partial charge in [0.2, 0.25) is 0 Å². The molecule has 1 saturated heterocycles. The number of nitrogens with zero attached hydrogens (tertiary/aromatic N) is 2. The van der Waals surface area contributed by atoms with Crippen LogP contribution in [-0.2, 0) is 0 Å². The topological polar surface area (TPSA) is 56.1 Å². The van der Waals surface area contributed by atoms with Crippen molar-refractivity contribution in [2.75, 3.05) is 19.6 Å². The number of carbonyl (C=O) groups is 1. The van der Waals surface area contributed by atoms with Crippen LogP contribution in [-0.4, -0.2) is 36.5 Å². The zero-order valence-corrected chi connectivity index (χ0v) is 9.94. The van der Waals surface area contributed by atoms with Gasteiger partial charge >= 0.3 is 0 Å². The molecule has 0 aliphatic carbocycles. The predicted molar refractivity (Wildman–Crippen MR) is 64.8 cm³/mol. The molecule has 1 unspecified atom stereocenters. The largest absolute Gasteiger partial charge is 0.320 e. The molecule has 1 atom stereocenters. The van der Waals surface area contributed by atoms with Gasteiger partial charge in [-0.2, -0.15) is 5.26 Å². The van der Waals surface area contributed by atoms with Gasteiger partial charge in [0, 0.05) is 30.2 Å². The fraction of sp³-hybridized carbons (Fsp3) is 0.333. The summed E-state index contributed by atoms with van der Waals surface area (Å²) >= 11 is 5.77. The smallest absolute Gasteiger partial charge is 0.255 e. The molecule has 1 N–H and O–H groups in total. The molecule has 1 fully saturated rings. The number of nitrogens with one attached hydrogen (secondary N) is 1. The second-order valence-corrected chi connectivity index (χ2v) is 4.29. The fourth-order valence-electron chi connectivity index (χ4n) is 1.82. The highest BCUT2D eigenvalue weighted by Gasteiger charge is 2.26. The van der Waals surface area contributed by atoms with Gasteiger partial charge in [-0.1, -0.05) is 11.6 Å². The Balaban J connectivity index is 2.18. The lowest BCUT2D eigenvalue weighted by Crippen LogP contribution is -2.53. The number of rotatable bonds is 1. The van der Waals surface area contributed by atoms with Gasteiger partial charge in [-0.25, -0.2) is 0 Å². The fourth-order valence-corrected chi connectivity index (χ4v) is 1.95. The molecule has 1 aromatic rings. The van der Waals surface area contributed by atoms with Gasteiger partial charge in [-0.3, -0.25) is 4.79 Å². The van der Waals surface area contributed by atoms with Crippen molar-refractivity contribution in [2.24, 2.45) is 0 Å². The van der Waals surface area contributed by atoms with Crippen LogP contribution in [0.1, 0.15) is 10.4 Å². The van der Waals surface area contributed by atoms with Crippen LogP contribution in [0.25, 0.3) is 0 Å². The Labute approximate surface area is 105 Å². The molecular formula is C12H12ClN3O. The summed E-state index contributed by atoms with van der Waals surface area (Å²) in [4.78, 5) is 13.8. The van der Waals surface area contributed by atoms with Crippen LogP contribution in [0, 0.1) is 11.3 Å². The van der Waals surface area contributed by atoms with Gasteiger partial charge in [0.15, 0.2) is 0 Å². The van der Waals surface area contributed by atoms with E-state index >= 15 is 0 Å². The van der Waals surface area contributed by atoms with Crippen LogP contribution in [0.5, 0.6) is 0 Å². The average molecular weight is 250 g/mol. The highest BCUT2D eigenvalue weighted by atomic mass is 35.5. The molecule has 1 aromatic carbocycles. The monoisotopic (exact) mass is 249 g/mol. The summed E-state index contributed by atoms with van der Waals surface area (Å²) in [7, 11) is 0. The normalized spacial score (nSPS) is 19.8. The average Bonchev–Trinajstić information content (AvgIpc) is 2.39. The van der Waals surface area contributed by atoms with Crippen LogP contribution < -0.4 is 5.32 Å². The van der Waals surface area contributed by atoms with Crippen molar-refractivity contribution in [1.29, 1.82) is 5.26 Å². The molecule has 0 spiro atoms. The van der Waals surface area contributed by atoms with Crippen LogP contribution in [0.2, 0.25) is 5.02 Å². The molecular weight excluding hydrogens is 238 g/mol. The summed E-state index contributed by atoms with van der Waals surface area (Å²) in [5, 5.41) is 12.7. The van der Waals surface area contributed by atoms with Gasteiger partial charge < -0.3 is 10.2 Å². The van der Waals surface area contributed by atoms with Crippen LogP contribution in [0.4, 0.5) is 0 Å². The number of carbonyl (C=O) groups excluding carboxylic acids is 1. The highest BCUT2D eigenvalue weighted by Crippen LogP contribution is 2.13. The molecule has 2 rings (SSSR count). The minimum atomic E-state index is -0.396. The Bertz CT molecular complexity index is 452. The Morgan fingerprint density at radius 3 is 2.82 bits per heavy atom. The van der Waals surface area contributed by atoms with E-state index in [9.17, 15) is 4.79 Å². The zero-order chi connectivity index (χ0) is 12.3. The highest BCUT2D eigenvalue weighted by molar-refractivity contribution is 6.30. The van der Waals surface area contributed by atoms with Crippen molar-refractivity contribution in [3.63, 3.8) is 0 Å². The second kappa shape index (κ2) is 5.17. The minimum Gasteiger partial charge on any atom is -0.320 e. The maximum Gasteiger partial charge on any atom is 0.255 e. The first kappa shape index (κ1) is 11.9. The lowest BCUT2D eigenvalue weighted by Gasteiger charge is -2.32. The van der Waals surface area contributed by atoms with Crippen molar-refractivity contribution in [1.82, 2.24) is 10.2 Å². The molecule has 1 aliphatic rings. The molecule has 1 heterocycles. The van der Waals surface area contributed by atoms with Crippen molar-refractivity contribution in [3.8, 4) is 6.07 Å². The molecule has 0 radical (unpaired) electrons. The number of hydrogen-bond acceptors (Lipinski definition) is 3. The summed E-state index contributed by atoms with van der Waals surface area (Å²) < 4.78 is 0. The van der Waals surface area contributed by atoms with E-state index in [1.54, 1.807) is 29.2 Å². The molecule has 88 valence electrons. The Kier molecular flexibility index (Phi) is 3.62. The van der Waals surface area contributed by atoms with E-state index < -0.39 is 6.04 Å². The van der Waals surface area contributed by atoms with Crippen LogP contribution in [0.15, 0.2) is 24.3 Å². The number of halogens is 1. The third kappa shape index (κ3) is 2.57. The Morgan fingerprint density at radius 2 is 2.18 bits per heavy atom. The van der Waals surface area contributed by atoms with Crippen LogP contribution in [0.3, 0.4) is 0 Å². The van der Waals surface area contributed by atoms with Crippen molar-refractivity contribution < 1.29 is 4.79 Å². The zero-order valence-electron chi connectivity index (χ0n) is 9.19. The van der Waals surface area contributed by atoms with E-state index in [1.807, 2.05) is 0 Å². The van der Waals surface area contributed by atoms with E-state index in [1.165, 1.54) is 0 Å². The van der Waals surface area contributed by atoms with E-state index in [0.29, 0.717) is 23.7 Å². The van der Waals surface area contributed by atoms with Crippen molar-refractivity contribution in [3.05, 3.63) is 34.9 Å². The van der Waals surface area contributed by atoms with Crippen LogP contribution >= 0.6 is 11.6 Å². The number of hydrogen-bond donors (Lipinski definition) is 1. The summed E-state index contributed by atoms with van der Waals surface area (Å²) in [5.41, 5.74) is 0.566. The lowest BCUT2D eigenvalue weighted by molar-refractivity contribution is 0.0687. The molecule has 0 aromatic heterocycles. The number of nitriles is 1. The van der Waals surface area contributed by atoms with E-state index in [2.05, 4.69) is 11.4 Å². The third-order valence-corrected chi connectivity index (χ3v) is 3.00. The predicted octanol–water partition coefficient (Wildman–Crippen LogP) is 1.28. The maximum atomic E-state index is 12.2. The molecule has 0 saturated carbocycles. The molecule has 17 heavy (non-hydrogen) atoms. The van der Waals surface area contributed by atoms with Gasteiger partial charge in [-0.15, -0.1) is 0 Å². The number of piperazine rings is 1. The summed E-state index contributed by atoms with van der Waals surface area (Å²) in [6.45, 7) is 1.80. The molecule has 5 heteroatoms. The van der Waals surface area contributed by atoms with E-state index in [-0.39, 0.29) is 5.91 Å². The first-order valence-electron chi connectivity index (χ1n) is 5.39. The minimum absolute atomic E-state index is 0.116. The summed E-state index contributed by atoms with van der Waals surface area (Å²) in [6, 6.07) is 8.46. The first-order valence-corrected chi connectivity index (χ1v) is 5.77. The quantitative estimate of drug-likeness (QED) is 0.816. The lowest BCUT2D eigenvalue weighted by atomic mass is 10.1. The van der Waals surface area contributed by atoms with E-state index in [0.717, 1.165) is 6.54 Å². The third-order valence-electron chi connectivity index (χ3n) is 2.74. The standard InChI is InChI=1S/C12H12ClN3O/c13-10-3-1-9(2-4-10)12(17)16-6-5-15-8-11(16)7-14/h1-4,11,15H,5-6,8H2. The molecule has 1 amide bonds. The summed E-state index contributed by atoms with van der Waals surface area (Å²) in [5.74, 6) is -0.116. The molecule has 1 aliphatic heterocycles. The SMILES string of the molecule is N#CC1CNCCN1C(=O)c1ccc(Cl)cc1. The Morgan fingerprint density at radius 1 is 1.47 bits per heavy atom. The van der Waals surface area contributed by atoms with E-state index in [4.69, 9.17) is 16.9 Å². The molecule has 0 bridgehead atoms.